The minimum atomic E-state index is -4.49. The average molecular weight is 234 g/mol. The lowest BCUT2D eigenvalue weighted by Gasteiger charge is -2.12. The minimum Gasteiger partial charge on any atom is -0.467 e. The summed E-state index contributed by atoms with van der Waals surface area (Å²) in [4.78, 5) is 11.4. The zero-order valence-electron chi connectivity index (χ0n) is 8.41. The Labute approximate surface area is 89.0 Å². The summed E-state index contributed by atoms with van der Waals surface area (Å²) in [6.45, 7) is 0. The second-order valence-corrected chi connectivity index (χ2v) is 3.67. The van der Waals surface area contributed by atoms with Gasteiger partial charge in [0.1, 0.15) is 0 Å². The summed E-state index contributed by atoms with van der Waals surface area (Å²) in [6.07, 6.45) is -2.42. The highest BCUT2D eigenvalue weighted by Crippen LogP contribution is 2.44. The van der Waals surface area contributed by atoms with E-state index in [-0.39, 0.29) is 0 Å². The van der Waals surface area contributed by atoms with E-state index in [1.165, 1.54) is 7.11 Å². The van der Waals surface area contributed by atoms with Gasteiger partial charge in [-0.25, -0.2) is 4.79 Å². The molecule has 0 aliphatic heterocycles. The number of nitrogens with zero attached hydrogens (tertiary/aromatic N) is 2. The molecule has 0 N–H and O–H groups in total. The number of rotatable bonds is 2. The fourth-order valence-electron chi connectivity index (χ4n) is 1.55. The first-order valence-corrected chi connectivity index (χ1v) is 4.62. The first-order chi connectivity index (χ1) is 7.40. The van der Waals surface area contributed by atoms with Crippen molar-refractivity contribution in [1.29, 1.82) is 0 Å². The van der Waals surface area contributed by atoms with Crippen molar-refractivity contribution in [1.82, 2.24) is 9.78 Å². The predicted octanol–water partition coefficient (Wildman–Crippen LogP) is 1.56. The van der Waals surface area contributed by atoms with Crippen LogP contribution in [0.25, 0.3) is 0 Å². The number of ether oxygens (including phenoxy) is 1. The van der Waals surface area contributed by atoms with Gasteiger partial charge in [0.25, 0.3) is 0 Å². The number of esters is 1. The van der Waals surface area contributed by atoms with Crippen molar-refractivity contribution in [2.75, 3.05) is 7.11 Å². The largest absolute Gasteiger partial charge is 0.467 e. The van der Waals surface area contributed by atoms with Gasteiger partial charge < -0.3 is 4.74 Å². The van der Waals surface area contributed by atoms with E-state index in [9.17, 15) is 18.0 Å². The fourth-order valence-corrected chi connectivity index (χ4v) is 1.55. The zero-order valence-corrected chi connectivity index (χ0v) is 8.41. The summed E-state index contributed by atoms with van der Waals surface area (Å²) in [5.41, 5.74) is -2.01. The third-order valence-electron chi connectivity index (χ3n) is 2.61. The Kier molecular flexibility index (Phi) is 2.21. The summed E-state index contributed by atoms with van der Waals surface area (Å²) < 4.78 is 42.5. The predicted molar refractivity (Wildman–Crippen MR) is 46.5 cm³/mol. The maximum absolute atomic E-state index is 12.3. The van der Waals surface area contributed by atoms with Crippen LogP contribution in [0.15, 0.2) is 12.3 Å². The molecular formula is C9H9F3N2O2. The monoisotopic (exact) mass is 234 g/mol. The summed E-state index contributed by atoms with van der Waals surface area (Å²) in [7, 11) is 1.20. The van der Waals surface area contributed by atoms with E-state index in [2.05, 4.69) is 9.84 Å². The van der Waals surface area contributed by atoms with Crippen LogP contribution in [0.4, 0.5) is 13.2 Å². The number of alkyl halides is 3. The third-order valence-corrected chi connectivity index (χ3v) is 2.61. The van der Waals surface area contributed by atoms with Crippen molar-refractivity contribution in [3.8, 4) is 0 Å². The molecule has 0 spiro atoms. The highest BCUT2D eigenvalue weighted by Gasteiger charge is 2.54. The second kappa shape index (κ2) is 3.23. The van der Waals surface area contributed by atoms with E-state index in [1.807, 2.05) is 0 Å². The van der Waals surface area contributed by atoms with Crippen LogP contribution < -0.4 is 0 Å². The molecule has 16 heavy (non-hydrogen) atoms. The molecule has 1 aliphatic carbocycles. The van der Waals surface area contributed by atoms with Crippen molar-refractivity contribution >= 4 is 5.97 Å². The Hall–Kier alpha value is -1.53. The van der Waals surface area contributed by atoms with Crippen LogP contribution in [0.5, 0.6) is 0 Å². The van der Waals surface area contributed by atoms with Gasteiger partial charge in [0.15, 0.2) is 11.2 Å². The maximum atomic E-state index is 12.3. The third kappa shape index (κ3) is 1.56. The van der Waals surface area contributed by atoms with Crippen molar-refractivity contribution < 1.29 is 22.7 Å². The highest BCUT2D eigenvalue weighted by molar-refractivity contribution is 5.81. The molecule has 1 heterocycles. The summed E-state index contributed by atoms with van der Waals surface area (Å²) in [5, 5.41) is 3.38. The van der Waals surface area contributed by atoms with E-state index in [1.54, 1.807) is 0 Å². The Bertz CT molecular complexity index is 421. The number of halogens is 3. The van der Waals surface area contributed by atoms with Crippen LogP contribution in [0, 0.1) is 0 Å². The van der Waals surface area contributed by atoms with Crippen LogP contribution in [0.3, 0.4) is 0 Å². The van der Waals surface area contributed by atoms with Crippen molar-refractivity contribution in [3.05, 3.63) is 18.0 Å². The quantitative estimate of drug-likeness (QED) is 0.729. The SMILES string of the molecule is COC(=O)C1(n2ccc(C(F)(F)F)n2)CC1. The van der Waals surface area contributed by atoms with E-state index in [0.29, 0.717) is 12.8 Å². The molecule has 1 aliphatic rings. The molecule has 7 heteroatoms. The molecule has 0 amide bonds. The van der Waals surface area contributed by atoms with Gasteiger partial charge in [0.05, 0.1) is 7.11 Å². The molecule has 0 saturated heterocycles. The standard InChI is InChI=1S/C9H9F3N2O2/c1-16-7(15)8(3-4-8)14-5-2-6(13-14)9(10,11)12/h2,5H,3-4H2,1H3. The van der Waals surface area contributed by atoms with Crippen molar-refractivity contribution in [3.63, 3.8) is 0 Å². The summed E-state index contributed by atoms with van der Waals surface area (Å²) in [6, 6.07) is 0.850. The number of aromatic nitrogens is 2. The Morgan fingerprint density at radius 2 is 2.19 bits per heavy atom. The molecule has 88 valence electrons. The fraction of sp³-hybridized carbons (Fsp3) is 0.556. The number of hydrogen-bond acceptors (Lipinski definition) is 3. The van der Waals surface area contributed by atoms with Gasteiger partial charge in [0.2, 0.25) is 0 Å². The summed E-state index contributed by atoms with van der Waals surface area (Å²) in [5.74, 6) is -0.552. The van der Waals surface area contributed by atoms with Crippen LogP contribution in [-0.4, -0.2) is 22.9 Å². The molecule has 1 aromatic rings. The van der Waals surface area contributed by atoms with Crippen molar-refractivity contribution in [2.45, 2.75) is 24.6 Å². The molecular weight excluding hydrogens is 225 g/mol. The molecule has 0 unspecified atom stereocenters. The van der Waals surface area contributed by atoms with Crippen LogP contribution >= 0.6 is 0 Å². The smallest absolute Gasteiger partial charge is 0.435 e. The van der Waals surface area contributed by atoms with Gasteiger partial charge in [-0.3, -0.25) is 4.68 Å². The summed E-state index contributed by atoms with van der Waals surface area (Å²) >= 11 is 0. The Morgan fingerprint density at radius 1 is 1.56 bits per heavy atom. The first kappa shape index (κ1) is 11.0. The van der Waals surface area contributed by atoms with Crippen LogP contribution in [0.1, 0.15) is 18.5 Å². The van der Waals surface area contributed by atoms with E-state index in [0.717, 1.165) is 16.9 Å². The second-order valence-electron chi connectivity index (χ2n) is 3.67. The zero-order chi connectivity index (χ0) is 12.0. The number of hydrogen-bond donors (Lipinski definition) is 0. The van der Waals surface area contributed by atoms with Gasteiger partial charge >= 0.3 is 12.1 Å². The molecule has 1 saturated carbocycles. The normalized spacial score (nSPS) is 18.2. The Balaban J connectivity index is 2.30. The lowest BCUT2D eigenvalue weighted by molar-refractivity contribution is -0.148. The average Bonchev–Trinajstić information content (AvgIpc) is 2.85. The van der Waals surface area contributed by atoms with Gasteiger partial charge in [-0.15, -0.1) is 0 Å². The number of carbonyl (C=O) groups is 1. The molecule has 2 rings (SSSR count). The van der Waals surface area contributed by atoms with Gasteiger partial charge in [-0.05, 0) is 18.9 Å². The molecule has 0 atom stereocenters. The molecule has 1 fully saturated rings. The van der Waals surface area contributed by atoms with E-state index in [4.69, 9.17) is 0 Å². The molecule has 4 nitrogen and oxygen atoms in total. The molecule has 0 radical (unpaired) electrons. The minimum absolute atomic E-state index is 0.457. The first-order valence-electron chi connectivity index (χ1n) is 4.62. The van der Waals surface area contributed by atoms with Crippen LogP contribution in [-0.2, 0) is 21.2 Å². The molecule has 0 aromatic carbocycles. The molecule has 1 aromatic heterocycles. The lowest BCUT2D eigenvalue weighted by atomic mass is 10.3. The van der Waals surface area contributed by atoms with E-state index < -0.39 is 23.4 Å². The lowest BCUT2D eigenvalue weighted by Crippen LogP contribution is -2.29. The Morgan fingerprint density at radius 3 is 2.56 bits per heavy atom. The maximum Gasteiger partial charge on any atom is 0.435 e. The van der Waals surface area contributed by atoms with Crippen LogP contribution in [0.2, 0.25) is 0 Å². The van der Waals surface area contributed by atoms with Gasteiger partial charge in [-0.1, -0.05) is 0 Å². The number of carbonyl (C=O) groups excluding carboxylic acids is 1. The van der Waals surface area contributed by atoms with Gasteiger partial charge in [0, 0.05) is 6.20 Å². The van der Waals surface area contributed by atoms with Gasteiger partial charge in [-0.2, -0.15) is 18.3 Å². The van der Waals surface area contributed by atoms with E-state index >= 15 is 0 Å². The highest BCUT2D eigenvalue weighted by atomic mass is 19.4. The van der Waals surface area contributed by atoms with Crippen molar-refractivity contribution in [2.24, 2.45) is 0 Å². The number of methoxy groups -OCH3 is 1. The topological polar surface area (TPSA) is 44.1 Å². The molecule has 0 bridgehead atoms.